The first-order valence-electron chi connectivity index (χ1n) is 7.78. The molecule has 0 radical (unpaired) electrons. The number of anilines is 2. The average Bonchev–Trinajstić information content (AvgIpc) is 2.59. The molecule has 0 atom stereocenters. The van der Waals surface area contributed by atoms with Crippen molar-refractivity contribution in [1.82, 2.24) is 9.97 Å². The first-order valence-corrected chi connectivity index (χ1v) is 7.78. The van der Waals surface area contributed by atoms with Crippen molar-refractivity contribution in [3.63, 3.8) is 0 Å². The minimum atomic E-state index is -0.367. The molecule has 1 aliphatic heterocycles. The van der Waals surface area contributed by atoms with Crippen LogP contribution in [0, 0.1) is 12.7 Å². The zero-order valence-corrected chi connectivity index (χ0v) is 13.1. The Hall–Kier alpha value is -2.50. The molecule has 1 amide bonds. The lowest BCUT2D eigenvalue weighted by molar-refractivity contribution is 0.102. The van der Waals surface area contributed by atoms with E-state index in [1.54, 1.807) is 25.1 Å². The van der Waals surface area contributed by atoms with E-state index >= 15 is 0 Å². The number of aryl methyl sites for hydroxylation is 1. The summed E-state index contributed by atoms with van der Waals surface area (Å²) in [6, 6.07) is 6.29. The summed E-state index contributed by atoms with van der Waals surface area (Å²) in [5.41, 5.74) is 1.23. The topological polar surface area (TPSA) is 58.1 Å². The van der Waals surface area contributed by atoms with E-state index in [4.69, 9.17) is 0 Å². The Bertz CT molecular complexity index is 713. The second-order valence-electron chi connectivity index (χ2n) is 5.73. The predicted molar refractivity (Wildman–Crippen MR) is 87.2 cm³/mol. The molecule has 1 aromatic heterocycles. The summed E-state index contributed by atoms with van der Waals surface area (Å²) in [5, 5.41) is 2.67. The molecule has 23 heavy (non-hydrogen) atoms. The third-order valence-electron chi connectivity index (χ3n) is 4.00. The SMILES string of the molecule is Cc1ccc(NC(=O)c2cc(N3CCCCC3)ncn2)cc1F. The second kappa shape index (κ2) is 6.73. The first kappa shape index (κ1) is 15.4. The van der Waals surface area contributed by atoms with Gasteiger partial charge in [0.25, 0.3) is 5.91 Å². The van der Waals surface area contributed by atoms with Gasteiger partial charge in [0.05, 0.1) is 0 Å². The van der Waals surface area contributed by atoms with Gasteiger partial charge in [-0.15, -0.1) is 0 Å². The molecule has 0 aliphatic carbocycles. The Balaban J connectivity index is 1.75. The number of amides is 1. The number of hydrogen-bond donors (Lipinski definition) is 1. The minimum absolute atomic E-state index is 0.279. The number of hydrogen-bond acceptors (Lipinski definition) is 4. The number of piperidine rings is 1. The predicted octanol–water partition coefficient (Wildman–Crippen LogP) is 3.17. The zero-order valence-electron chi connectivity index (χ0n) is 13.1. The number of halogens is 1. The molecule has 0 unspecified atom stereocenters. The molecular weight excluding hydrogens is 295 g/mol. The number of nitrogens with zero attached hydrogens (tertiary/aromatic N) is 3. The maximum atomic E-state index is 13.6. The zero-order chi connectivity index (χ0) is 16.2. The van der Waals surface area contributed by atoms with Gasteiger partial charge in [-0.2, -0.15) is 0 Å². The van der Waals surface area contributed by atoms with E-state index < -0.39 is 0 Å². The van der Waals surface area contributed by atoms with Crippen molar-refractivity contribution in [1.29, 1.82) is 0 Å². The molecule has 1 aromatic carbocycles. The van der Waals surface area contributed by atoms with Crippen LogP contribution in [0.2, 0.25) is 0 Å². The van der Waals surface area contributed by atoms with Crippen molar-refractivity contribution < 1.29 is 9.18 Å². The van der Waals surface area contributed by atoms with Crippen LogP contribution in [-0.2, 0) is 0 Å². The molecule has 2 heterocycles. The molecule has 3 rings (SSSR count). The molecule has 120 valence electrons. The molecule has 1 fully saturated rings. The van der Waals surface area contributed by atoms with Gasteiger partial charge in [0.1, 0.15) is 23.7 Å². The van der Waals surface area contributed by atoms with Crippen molar-refractivity contribution >= 4 is 17.4 Å². The fourth-order valence-electron chi connectivity index (χ4n) is 2.63. The van der Waals surface area contributed by atoms with Crippen molar-refractivity contribution in [2.24, 2.45) is 0 Å². The van der Waals surface area contributed by atoms with Crippen molar-refractivity contribution in [3.8, 4) is 0 Å². The van der Waals surface area contributed by atoms with Crippen molar-refractivity contribution in [3.05, 3.63) is 47.7 Å². The lowest BCUT2D eigenvalue weighted by atomic mass is 10.1. The number of aromatic nitrogens is 2. The highest BCUT2D eigenvalue weighted by atomic mass is 19.1. The van der Waals surface area contributed by atoms with Gasteiger partial charge in [-0.05, 0) is 43.9 Å². The Morgan fingerprint density at radius 2 is 1.96 bits per heavy atom. The summed E-state index contributed by atoms with van der Waals surface area (Å²) in [6.45, 7) is 3.57. The van der Waals surface area contributed by atoms with Gasteiger partial charge < -0.3 is 10.2 Å². The van der Waals surface area contributed by atoms with Gasteiger partial charge in [-0.1, -0.05) is 6.07 Å². The number of carbonyl (C=O) groups is 1. The van der Waals surface area contributed by atoms with Gasteiger partial charge in [-0.25, -0.2) is 14.4 Å². The quantitative estimate of drug-likeness (QED) is 0.945. The monoisotopic (exact) mass is 314 g/mol. The Morgan fingerprint density at radius 1 is 1.17 bits per heavy atom. The molecule has 5 nitrogen and oxygen atoms in total. The van der Waals surface area contributed by atoms with E-state index in [1.807, 2.05) is 0 Å². The number of nitrogens with one attached hydrogen (secondary N) is 1. The molecule has 2 aromatic rings. The molecule has 1 N–H and O–H groups in total. The van der Waals surface area contributed by atoms with Crippen LogP contribution in [0.25, 0.3) is 0 Å². The van der Waals surface area contributed by atoms with Crippen LogP contribution < -0.4 is 10.2 Å². The number of rotatable bonds is 3. The van der Waals surface area contributed by atoms with E-state index in [2.05, 4.69) is 20.2 Å². The largest absolute Gasteiger partial charge is 0.357 e. The molecule has 0 spiro atoms. The highest BCUT2D eigenvalue weighted by Crippen LogP contribution is 2.18. The van der Waals surface area contributed by atoms with Crippen LogP contribution in [0.15, 0.2) is 30.6 Å². The molecule has 1 aliphatic rings. The van der Waals surface area contributed by atoms with E-state index in [9.17, 15) is 9.18 Å². The van der Waals surface area contributed by atoms with Crippen molar-refractivity contribution in [2.45, 2.75) is 26.2 Å². The first-order chi connectivity index (χ1) is 11.1. The molecular formula is C17H19FN4O. The van der Waals surface area contributed by atoms with Crippen LogP contribution in [0.1, 0.15) is 35.3 Å². The van der Waals surface area contributed by atoms with Gasteiger partial charge in [0.2, 0.25) is 0 Å². The summed E-state index contributed by atoms with van der Waals surface area (Å²) >= 11 is 0. The fraction of sp³-hybridized carbons (Fsp3) is 0.353. The normalized spacial score (nSPS) is 14.6. The third-order valence-corrected chi connectivity index (χ3v) is 4.00. The van der Waals surface area contributed by atoms with Gasteiger partial charge in [-0.3, -0.25) is 4.79 Å². The smallest absolute Gasteiger partial charge is 0.274 e. The Labute approximate surface area is 134 Å². The molecule has 1 saturated heterocycles. The minimum Gasteiger partial charge on any atom is -0.357 e. The molecule has 6 heteroatoms. The standard InChI is InChI=1S/C17H19FN4O/c1-12-5-6-13(9-14(12)18)21-17(23)15-10-16(20-11-19-15)22-7-3-2-4-8-22/h5-6,9-11H,2-4,7-8H2,1H3,(H,21,23). The molecule has 0 saturated carbocycles. The summed E-state index contributed by atoms with van der Waals surface area (Å²) in [5.74, 6) is 0.0494. The lowest BCUT2D eigenvalue weighted by Crippen LogP contribution is -2.30. The summed E-state index contributed by atoms with van der Waals surface area (Å²) in [4.78, 5) is 22.7. The van der Waals surface area contributed by atoms with Crippen LogP contribution in [0.5, 0.6) is 0 Å². The van der Waals surface area contributed by atoms with Crippen LogP contribution in [-0.4, -0.2) is 29.0 Å². The van der Waals surface area contributed by atoms with E-state index in [0.717, 1.165) is 31.7 Å². The van der Waals surface area contributed by atoms with Crippen LogP contribution >= 0.6 is 0 Å². The van der Waals surface area contributed by atoms with E-state index in [-0.39, 0.29) is 17.4 Å². The van der Waals surface area contributed by atoms with E-state index in [1.165, 1.54) is 18.8 Å². The van der Waals surface area contributed by atoms with Crippen LogP contribution in [0.3, 0.4) is 0 Å². The van der Waals surface area contributed by atoms with Gasteiger partial charge >= 0.3 is 0 Å². The lowest BCUT2D eigenvalue weighted by Gasteiger charge is -2.27. The number of benzene rings is 1. The van der Waals surface area contributed by atoms with Gasteiger partial charge in [0, 0.05) is 24.8 Å². The Kier molecular flexibility index (Phi) is 4.50. The maximum Gasteiger partial charge on any atom is 0.274 e. The van der Waals surface area contributed by atoms with Gasteiger partial charge in [0.15, 0.2) is 0 Å². The molecule has 0 bridgehead atoms. The average molecular weight is 314 g/mol. The Morgan fingerprint density at radius 3 is 2.70 bits per heavy atom. The maximum absolute atomic E-state index is 13.6. The van der Waals surface area contributed by atoms with Crippen LogP contribution in [0.4, 0.5) is 15.9 Å². The summed E-state index contributed by atoms with van der Waals surface area (Å²) in [7, 11) is 0. The van der Waals surface area contributed by atoms with E-state index in [0.29, 0.717) is 11.3 Å². The van der Waals surface area contributed by atoms with Crippen molar-refractivity contribution in [2.75, 3.05) is 23.3 Å². The number of carbonyl (C=O) groups excluding carboxylic acids is 1. The third kappa shape index (κ3) is 3.64. The summed E-state index contributed by atoms with van der Waals surface area (Å²) in [6.07, 6.45) is 4.89. The summed E-state index contributed by atoms with van der Waals surface area (Å²) < 4.78 is 13.6. The highest BCUT2D eigenvalue weighted by molar-refractivity contribution is 6.03. The fourth-order valence-corrected chi connectivity index (χ4v) is 2.63. The second-order valence-corrected chi connectivity index (χ2v) is 5.73. The highest BCUT2D eigenvalue weighted by Gasteiger charge is 2.15.